The third kappa shape index (κ3) is 2.78. The third-order valence-corrected chi connectivity index (χ3v) is 4.14. The Morgan fingerprint density at radius 2 is 2.32 bits per heavy atom. The number of nitrogens with zero attached hydrogens (tertiary/aromatic N) is 5. The molecule has 1 aromatic heterocycles. The van der Waals surface area contributed by atoms with Crippen LogP contribution in [0.25, 0.3) is 0 Å². The second-order valence-electron chi connectivity index (χ2n) is 3.99. The zero-order valence-corrected chi connectivity index (χ0v) is 11.3. The maximum Gasteiger partial charge on any atom is 0.327 e. The van der Waals surface area contributed by atoms with Gasteiger partial charge in [-0.2, -0.15) is 4.80 Å². The number of urea groups is 1. The van der Waals surface area contributed by atoms with Crippen LogP contribution in [-0.2, 0) is 11.8 Å². The molecule has 9 nitrogen and oxygen atoms in total. The summed E-state index contributed by atoms with van der Waals surface area (Å²) in [6.45, 7) is 1.91. The Morgan fingerprint density at radius 3 is 2.84 bits per heavy atom. The quantitative estimate of drug-likeness (QED) is 0.802. The predicted octanol–water partition coefficient (Wildman–Crippen LogP) is -0.0199. The first-order valence-electron chi connectivity index (χ1n) is 5.70. The first kappa shape index (κ1) is 13.6. The molecule has 0 radical (unpaired) electrons. The summed E-state index contributed by atoms with van der Waals surface area (Å²) >= 11 is 1.45. The molecule has 0 spiro atoms. The molecule has 1 aliphatic rings. The van der Waals surface area contributed by atoms with E-state index in [1.165, 1.54) is 21.5 Å². The van der Waals surface area contributed by atoms with Crippen LogP contribution in [0.4, 0.5) is 10.7 Å². The minimum Gasteiger partial charge on any atom is -0.480 e. The van der Waals surface area contributed by atoms with Crippen LogP contribution >= 0.6 is 11.8 Å². The van der Waals surface area contributed by atoms with Gasteiger partial charge in [0.25, 0.3) is 5.95 Å². The fraction of sp³-hybridized carbons (Fsp3) is 0.667. The third-order valence-electron chi connectivity index (χ3n) is 2.69. The minimum atomic E-state index is -1.01. The van der Waals surface area contributed by atoms with E-state index in [4.69, 9.17) is 5.11 Å². The van der Waals surface area contributed by atoms with Crippen LogP contribution in [0.3, 0.4) is 0 Å². The lowest BCUT2D eigenvalue weighted by atomic mass is 10.3. The lowest BCUT2D eigenvalue weighted by Crippen LogP contribution is -2.47. The highest BCUT2D eigenvalue weighted by Gasteiger charge is 2.41. The van der Waals surface area contributed by atoms with Crippen molar-refractivity contribution >= 4 is 29.7 Å². The number of carbonyl (C=O) groups excluding carboxylic acids is 1. The number of hydrogen-bond donors (Lipinski definition) is 2. The van der Waals surface area contributed by atoms with Crippen LogP contribution in [0.15, 0.2) is 0 Å². The van der Waals surface area contributed by atoms with Crippen LogP contribution in [-0.4, -0.2) is 59.4 Å². The van der Waals surface area contributed by atoms with Crippen molar-refractivity contribution in [2.75, 3.05) is 11.1 Å². The van der Waals surface area contributed by atoms with E-state index in [2.05, 4.69) is 20.7 Å². The number of aliphatic carboxylic acids is 1. The summed E-state index contributed by atoms with van der Waals surface area (Å²) in [5, 5.41) is 22.5. The first-order chi connectivity index (χ1) is 9.02. The summed E-state index contributed by atoms with van der Waals surface area (Å²) in [5.74, 6) is -0.566. The average Bonchev–Trinajstić information content (AvgIpc) is 2.94. The smallest absolute Gasteiger partial charge is 0.327 e. The van der Waals surface area contributed by atoms with Gasteiger partial charge in [-0.3, -0.25) is 10.2 Å². The minimum absolute atomic E-state index is 0.0587. The topological polar surface area (TPSA) is 113 Å². The van der Waals surface area contributed by atoms with Crippen LogP contribution in [0, 0.1) is 0 Å². The number of hydrogen-bond acceptors (Lipinski definition) is 6. The number of aryl methyl sites for hydroxylation is 1. The summed E-state index contributed by atoms with van der Waals surface area (Å²) in [4.78, 5) is 25.8. The SMILES string of the molecule is CCC1SCC(C(=O)O)N1C(=O)Nc1nnn(C)n1. The fourth-order valence-electron chi connectivity index (χ4n) is 1.84. The molecule has 1 fully saturated rings. The maximum atomic E-state index is 12.1. The Hall–Kier alpha value is -1.84. The van der Waals surface area contributed by atoms with Gasteiger partial charge in [-0.1, -0.05) is 12.0 Å². The van der Waals surface area contributed by atoms with E-state index in [0.29, 0.717) is 12.2 Å². The van der Waals surface area contributed by atoms with Crippen LogP contribution in [0.2, 0.25) is 0 Å². The van der Waals surface area contributed by atoms with Crippen LogP contribution < -0.4 is 5.32 Å². The maximum absolute atomic E-state index is 12.1. The lowest BCUT2D eigenvalue weighted by Gasteiger charge is -2.25. The van der Waals surface area contributed by atoms with Gasteiger partial charge in [0.05, 0.1) is 12.4 Å². The molecule has 1 aromatic rings. The molecule has 0 aromatic carbocycles. The van der Waals surface area contributed by atoms with E-state index in [1.807, 2.05) is 6.92 Å². The van der Waals surface area contributed by atoms with Crippen molar-refractivity contribution in [3.8, 4) is 0 Å². The van der Waals surface area contributed by atoms with E-state index >= 15 is 0 Å². The van der Waals surface area contributed by atoms with Crippen molar-refractivity contribution in [1.82, 2.24) is 25.1 Å². The number of nitrogens with one attached hydrogen (secondary N) is 1. The number of thioether (sulfide) groups is 1. The zero-order valence-electron chi connectivity index (χ0n) is 10.5. The van der Waals surface area contributed by atoms with Gasteiger partial charge in [-0.25, -0.2) is 9.59 Å². The van der Waals surface area contributed by atoms with Crippen LogP contribution in [0.1, 0.15) is 13.3 Å². The fourth-order valence-corrected chi connectivity index (χ4v) is 3.18. The summed E-state index contributed by atoms with van der Waals surface area (Å²) in [6, 6.07) is -1.34. The molecular weight excluding hydrogens is 272 g/mol. The molecule has 2 heterocycles. The van der Waals surface area contributed by atoms with Crippen molar-refractivity contribution in [3.05, 3.63) is 0 Å². The van der Waals surface area contributed by atoms with Crippen molar-refractivity contribution in [3.63, 3.8) is 0 Å². The molecule has 1 aliphatic heterocycles. The summed E-state index contributed by atoms with van der Waals surface area (Å²) in [5.41, 5.74) is 0. The van der Waals surface area contributed by atoms with Crippen molar-refractivity contribution in [2.45, 2.75) is 24.8 Å². The molecule has 19 heavy (non-hydrogen) atoms. The van der Waals surface area contributed by atoms with Crippen molar-refractivity contribution < 1.29 is 14.7 Å². The number of anilines is 1. The van der Waals surface area contributed by atoms with Crippen molar-refractivity contribution in [1.29, 1.82) is 0 Å². The molecular formula is C9H14N6O3S. The predicted molar refractivity (Wildman–Crippen MR) is 67.6 cm³/mol. The summed E-state index contributed by atoms with van der Waals surface area (Å²) in [6.07, 6.45) is 0.676. The molecule has 104 valence electrons. The highest BCUT2D eigenvalue weighted by Crippen LogP contribution is 2.31. The van der Waals surface area contributed by atoms with Gasteiger partial charge in [0.2, 0.25) is 0 Å². The largest absolute Gasteiger partial charge is 0.480 e. The van der Waals surface area contributed by atoms with E-state index in [-0.39, 0.29) is 11.3 Å². The monoisotopic (exact) mass is 286 g/mol. The van der Waals surface area contributed by atoms with Gasteiger partial charge < -0.3 is 5.11 Å². The van der Waals surface area contributed by atoms with Gasteiger partial charge in [0.15, 0.2) is 0 Å². The molecule has 1 saturated heterocycles. The Morgan fingerprint density at radius 1 is 1.58 bits per heavy atom. The van der Waals surface area contributed by atoms with Gasteiger partial charge in [0, 0.05) is 5.75 Å². The van der Waals surface area contributed by atoms with Crippen molar-refractivity contribution in [2.24, 2.45) is 7.05 Å². The molecule has 2 unspecified atom stereocenters. The normalized spacial score (nSPS) is 22.5. The number of amides is 2. The highest BCUT2D eigenvalue weighted by molar-refractivity contribution is 8.00. The van der Waals surface area contributed by atoms with E-state index in [0.717, 1.165) is 0 Å². The number of carbonyl (C=O) groups is 2. The first-order valence-corrected chi connectivity index (χ1v) is 6.75. The molecule has 0 bridgehead atoms. The van der Waals surface area contributed by atoms with Crippen LogP contribution in [0.5, 0.6) is 0 Å². The van der Waals surface area contributed by atoms with E-state index in [1.54, 1.807) is 7.05 Å². The number of aromatic nitrogens is 4. The summed E-state index contributed by atoms with van der Waals surface area (Å²) < 4.78 is 0. The Labute approximate surface area is 113 Å². The second-order valence-corrected chi connectivity index (χ2v) is 5.20. The Bertz CT molecular complexity index is 492. The van der Waals surface area contributed by atoms with Gasteiger partial charge in [-0.05, 0) is 11.6 Å². The molecule has 2 amide bonds. The lowest BCUT2D eigenvalue weighted by molar-refractivity contribution is -0.141. The second kappa shape index (κ2) is 5.43. The standard InChI is InChI=1S/C9H14N6O3S/c1-3-6-15(5(4-19-6)7(16)17)9(18)10-8-11-13-14(2)12-8/h5-6H,3-4H2,1-2H3,(H,16,17)(H,10,12,18). The zero-order chi connectivity index (χ0) is 14.0. The molecule has 2 atom stereocenters. The number of rotatable bonds is 3. The Balaban J connectivity index is 2.12. The number of carboxylic acid groups (broad SMARTS) is 1. The molecule has 10 heteroatoms. The van der Waals surface area contributed by atoms with E-state index in [9.17, 15) is 9.59 Å². The summed E-state index contributed by atoms with van der Waals surface area (Å²) in [7, 11) is 1.57. The molecule has 2 rings (SSSR count). The van der Waals surface area contributed by atoms with E-state index < -0.39 is 18.0 Å². The van der Waals surface area contributed by atoms with Gasteiger partial charge in [-0.15, -0.1) is 16.9 Å². The molecule has 0 aliphatic carbocycles. The van der Waals surface area contributed by atoms with Gasteiger partial charge >= 0.3 is 12.0 Å². The number of tetrazole rings is 1. The Kier molecular flexibility index (Phi) is 3.88. The molecule has 2 N–H and O–H groups in total. The van der Waals surface area contributed by atoms with Gasteiger partial charge in [0.1, 0.15) is 6.04 Å². The average molecular weight is 286 g/mol. The molecule has 0 saturated carbocycles. The highest BCUT2D eigenvalue weighted by atomic mass is 32.2. The number of carboxylic acids is 1.